The van der Waals surface area contributed by atoms with E-state index in [1.165, 1.54) is 89.9 Å². The van der Waals surface area contributed by atoms with Gasteiger partial charge in [-0.25, -0.2) is 0 Å². The average molecular weight is 324 g/mol. The molecule has 4 unspecified atom stereocenters. The highest BCUT2D eigenvalue weighted by atomic mass is 14.5. The van der Waals surface area contributed by atoms with Crippen molar-refractivity contribution < 1.29 is 0 Å². The maximum absolute atomic E-state index is 5.87. The van der Waals surface area contributed by atoms with Crippen molar-refractivity contribution in [3.05, 3.63) is 0 Å². The van der Waals surface area contributed by atoms with Gasteiger partial charge < -0.3 is 5.73 Å². The third-order valence-electron chi connectivity index (χ3n) is 6.41. The second kappa shape index (κ2) is 13.3. The van der Waals surface area contributed by atoms with E-state index in [4.69, 9.17) is 5.73 Å². The molecule has 138 valence electrons. The number of hydrogen-bond donors (Lipinski definition) is 1. The van der Waals surface area contributed by atoms with Crippen molar-refractivity contribution in [1.82, 2.24) is 0 Å². The largest absolute Gasteiger partial charge is 0.330 e. The maximum atomic E-state index is 5.87. The van der Waals surface area contributed by atoms with Crippen LogP contribution in [0, 0.1) is 23.7 Å². The summed E-state index contributed by atoms with van der Waals surface area (Å²) in [5.74, 6) is 4.02. The van der Waals surface area contributed by atoms with Gasteiger partial charge in [0.25, 0.3) is 0 Å². The minimum absolute atomic E-state index is 0.887. The van der Waals surface area contributed by atoms with E-state index in [9.17, 15) is 0 Å². The van der Waals surface area contributed by atoms with Gasteiger partial charge in [-0.2, -0.15) is 0 Å². The van der Waals surface area contributed by atoms with Crippen LogP contribution < -0.4 is 5.73 Å². The second-order valence-electron chi connectivity index (χ2n) is 8.14. The Hall–Kier alpha value is -0.0400. The highest BCUT2D eigenvalue weighted by molar-refractivity contribution is 4.87. The Morgan fingerprint density at radius 1 is 0.609 bits per heavy atom. The highest BCUT2D eigenvalue weighted by Gasteiger charge is 2.37. The zero-order chi connectivity index (χ0) is 16.9. The molecule has 0 aromatic heterocycles. The van der Waals surface area contributed by atoms with Gasteiger partial charge in [0.05, 0.1) is 0 Å². The monoisotopic (exact) mass is 323 g/mol. The van der Waals surface area contributed by atoms with Gasteiger partial charge in [-0.15, -0.1) is 0 Å². The third kappa shape index (κ3) is 7.59. The summed E-state index contributed by atoms with van der Waals surface area (Å²) in [4.78, 5) is 0. The molecule has 23 heavy (non-hydrogen) atoms. The molecular formula is C22H45N. The fraction of sp³-hybridized carbons (Fsp3) is 1.00. The Bertz CT molecular complexity index is 263. The Morgan fingerprint density at radius 2 is 1.09 bits per heavy atom. The van der Waals surface area contributed by atoms with Gasteiger partial charge in [0.1, 0.15) is 0 Å². The molecule has 1 nitrogen and oxygen atoms in total. The van der Waals surface area contributed by atoms with Crippen LogP contribution in [0.25, 0.3) is 0 Å². The lowest BCUT2D eigenvalue weighted by molar-refractivity contribution is 0.0596. The summed E-state index contributed by atoms with van der Waals surface area (Å²) in [6, 6.07) is 0. The van der Waals surface area contributed by atoms with E-state index in [-0.39, 0.29) is 0 Å². The molecule has 1 aliphatic rings. The van der Waals surface area contributed by atoms with E-state index in [0.29, 0.717) is 0 Å². The molecule has 0 aliphatic heterocycles. The minimum Gasteiger partial charge on any atom is -0.330 e. The standard InChI is InChI=1S/C22H45N/c1-4-7-10-14-21-19(12-8-5-2)16-17-20(13-9-6-3)22(21)15-11-18-23/h19-22H,4-18,23H2,1-3H3. The predicted molar refractivity (Wildman–Crippen MR) is 105 cm³/mol. The third-order valence-corrected chi connectivity index (χ3v) is 6.41. The normalized spacial score (nSPS) is 28.2. The molecular weight excluding hydrogens is 278 g/mol. The van der Waals surface area contributed by atoms with Gasteiger partial charge in [0.2, 0.25) is 0 Å². The molecule has 1 aliphatic carbocycles. The Morgan fingerprint density at radius 3 is 1.52 bits per heavy atom. The van der Waals surface area contributed by atoms with E-state index < -0.39 is 0 Å². The van der Waals surface area contributed by atoms with Gasteiger partial charge in [-0.05, 0) is 62.3 Å². The molecule has 0 amide bonds. The van der Waals surface area contributed by atoms with Crippen LogP contribution in [0.3, 0.4) is 0 Å². The molecule has 1 rings (SSSR count). The summed E-state index contributed by atoms with van der Waals surface area (Å²) >= 11 is 0. The fourth-order valence-electron chi connectivity index (χ4n) is 5.09. The Labute approximate surface area is 147 Å². The summed E-state index contributed by atoms with van der Waals surface area (Å²) in [5, 5.41) is 0. The first kappa shape index (κ1) is 21.0. The van der Waals surface area contributed by atoms with Crippen molar-refractivity contribution in [2.24, 2.45) is 29.4 Å². The molecule has 1 saturated carbocycles. The fourth-order valence-corrected chi connectivity index (χ4v) is 5.09. The van der Waals surface area contributed by atoms with Crippen LogP contribution >= 0.6 is 0 Å². The van der Waals surface area contributed by atoms with Gasteiger partial charge in [-0.1, -0.05) is 78.6 Å². The zero-order valence-corrected chi connectivity index (χ0v) is 16.5. The number of rotatable bonds is 13. The SMILES string of the molecule is CCCCCC1C(CCCC)CCC(CCCC)C1CCCN. The van der Waals surface area contributed by atoms with E-state index in [2.05, 4.69) is 20.8 Å². The lowest BCUT2D eigenvalue weighted by Crippen LogP contribution is -2.35. The second-order valence-corrected chi connectivity index (χ2v) is 8.14. The Kier molecular flexibility index (Phi) is 12.1. The van der Waals surface area contributed by atoms with E-state index in [0.717, 1.165) is 30.2 Å². The maximum Gasteiger partial charge on any atom is -0.00772 e. The smallest absolute Gasteiger partial charge is 0.00772 e. The first-order chi connectivity index (χ1) is 11.3. The van der Waals surface area contributed by atoms with Crippen molar-refractivity contribution in [2.45, 2.75) is 111 Å². The van der Waals surface area contributed by atoms with E-state index >= 15 is 0 Å². The molecule has 0 aromatic rings. The topological polar surface area (TPSA) is 26.0 Å². The van der Waals surface area contributed by atoms with E-state index in [1.807, 2.05) is 0 Å². The highest BCUT2D eigenvalue weighted by Crippen LogP contribution is 2.47. The van der Waals surface area contributed by atoms with Gasteiger partial charge in [0, 0.05) is 0 Å². The number of nitrogens with two attached hydrogens (primary N) is 1. The van der Waals surface area contributed by atoms with Crippen molar-refractivity contribution in [3.8, 4) is 0 Å². The molecule has 1 heteroatoms. The van der Waals surface area contributed by atoms with E-state index in [1.54, 1.807) is 0 Å². The van der Waals surface area contributed by atoms with Gasteiger partial charge in [-0.3, -0.25) is 0 Å². The molecule has 0 bridgehead atoms. The molecule has 0 heterocycles. The summed E-state index contributed by atoms with van der Waals surface area (Å²) in [6.45, 7) is 7.93. The summed E-state index contributed by atoms with van der Waals surface area (Å²) in [6.07, 6.45) is 20.0. The summed E-state index contributed by atoms with van der Waals surface area (Å²) in [5.41, 5.74) is 5.87. The van der Waals surface area contributed by atoms with Crippen molar-refractivity contribution in [2.75, 3.05) is 6.54 Å². The molecule has 0 spiro atoms. The molecule has 0 saturated heterocycles. The van der Waals surface area contributed by atoms with Crippen LogP contribution in [-0.2, 0) is 0 Å². The van der Waals surface area contributed by atoms with Crippen LogP contribution in [0.5, 0.6) is 0 Å². The van der Waals surface area contributed by atoms with Crippen LogP contribution in [0.2, 0.25) is 0 Å². The minimum atomic E-state index is 0.887. The zero-order valence-electron chi connectivity index (χ0n) is 16.5. The molecule has 2 N–H and O–H groups in total. The molecule has 0 radical (unpaired) electrons. The van der Waals surface area contributed by atoms with Gasteiger partial charge >= 0.3 is 0 Å². The van der Waals surface area contributed by atoms with Crippen molar-refractivity contribution in [3.63, 3.8) is 0 Å². The predicted octanol–water partition coefficient (Wildman–Crippen LogP) is 6.94. The van der Waals surface area contributed by atoms with Crippen LogP contribution in [0.4, 0.5) is 0 Å². The van der Waals surface area contributed by atoms with Crippen LogP contribution in [-0.4, -0.2) is 6.54 Å². The lowest BCUT2D eigenvalue weighted by atomic mass is 9.61. The first-order valence-electron chi connectivity index (χ1n) is 11.0. The van der Waals surface area contributed by atoms with Crippen LogP contribution in [0.1, 0.15) is 111 Å². The average Bonchev–Trinajstić information content (AvgIpc) is 2.57. The van der Waals surface area contributed by atoms with Gasteiger partial charge in [0.15, 0.2) is 0 Å². The van der Waals surface area contributed by atoms with Crippen molar-refractivity contribution >= 4 is 0 Å². The summed E-state index contributed by atoms with van der Waals surface area (Å²) in [7, 11) is 0. The first-order valence-corrected chi connectivity index (χ1v) is 11.0. The quantitative estimate of drug-likeness (QED) is 0.365. The number of hydrogen-bond acceptors (Lipinski definition) is 1. The molecule has 4 atom stereocenters. The summed E-state index contributed by atoms with van der Waals surface area (Å²) < 4.78 is 0. The molecule has 0 aromatic carbocycles. The van der Waals surface area contributed by atoms with Crippen LogP contribution in [0.15, 0.2) is 0 Å². The lowest BCUT2D eigenvalue weighted by Gasteiger charge is -2.44. The number of unbranched alkanes of at least 4 members (excludes halogenated alkanes) is 4. The van der Waals surface area contributed by atoms with Crippen molar-refractivity contribution in [1.29, 1.82) is 0 Å². The Balaban J connectivity index is 2.74. The molecule has 1 fully saturated rings.